The van der Waals surface area contributed by atoms with Gasteiger partial charge in [0.15, 0.2) is 6.17 Å². The smallest absolute Gasteiger partial charge is 0.160 e. The molecule has 0 aromatic rings. The van der Waals surface area contributed by atoms with Gasteiger partial charge in [-0.3, -0.25) is 15.0 Å². The number of rotatable bonds is 8. The molecule has 3 fully saturated rings. The molecule has 5 aliphatic rings. The molecule has 3 heterocycles. The minimum absolute atomic E-state index is 0.0543. The van der Waals surface area contributed by atoms with E-state index in [0.29, 0.717) is 5.92 Å². The Kier molecular flexibility index (Phi) is 9.36. The van der Waals surface area contributed by atoms with Crippen molar-refractivity contribution in [1.82, 2.24) is 4.90 Å². The van der Waals surface area contributed by atoms with Crippen LogP contribution in [0.25, 0.3) is 0 Å². The van der Waals surface area contributed by atoms with Crippen LogP contribution in [0.4, 0.5) is 0 Å². The third kappa shape index (κ3) is 7.03. The molecule has 0 spiro atoms. The largest absolute Gasteiger partial charge is 0.300 e. The zero-order valence-corrected chi connectivity index (χ0v) is 24.1. The summed E-state index contributed by atoms with van der Waals surface area (Å²) in [6.45, 7) is 9.33. The Morgan fingerprint density at radius 3 is 2.62 bits per heavy atom. The van der Waals surface area contributed by atoms with E-state index in [9.17, 15) is 0 Å². The first kappa shape index (κ1) is 26.9. The third-order valence-corrected chi connectivity index (χ3v) is 10.2. The first-order chi connectivity index (χ1) is 18.1. The van der Waals surface area contributed by atoms with E-state index in [1.807, 2.05) is 11.8 Å². The fourth-order valence-electron chi connectivity index (χ4n) is 6.49. The quantitative estimate of drug-likeness (QED) is 0.303. The van der Waals surface area contributed by atoms with E-state index in [0.717, 1.165) is 24.8 Å². The molecule has 2 bridgehead atoms. The molecular formula is C32H46N4S. The topological polar surface area (TPSA) is 40.3 Å². The molecule has 2 saturated carbocycles. The summed E-state index contributed by atoms with van der Waals surface area (Å²) in [5.74, 6) is 1.28. The van der Waals surface area contributed by atoms with Crippen LogP contribution in [0, 0.1) is 11.8 Å². The molecule has 1 saturated heterocycles. The number of aliphatic imine (C=N–C) groups is 3. The molecule has 0 aromatic carbocycles. The van der Waals surface area contributed by atoms with Crippen molar-refractivity contribution < 1.29 is 0 Å². The Labute approximate surface area is 229 Å². The van der Waals surface area contributed by atoms with Crippen molar-refractivity contribution in [1.29, 1.82) is 0 Å². The Morgan fingerprint density at radius 2 is 1.92 bits per heavy atom. The van der Waals surface area contributed by atoms with E-state index in [-0.39, 0.29) is 6.17 Å². The lowest BCUT2D eigenvalue weighted by Crippen LogP contribution is -2.42. The molecule has 200 valence electrons. The second kappa shape index (κ2) is 12.9. The molecule has 2 unspecified atom stereocenters. The number of thioether (sulfide) groups is 1. The molecular weight excluding hydrogens is 472 g/mol. The number of hydrogen-bond acceptors (Lipinski definition) is 5. The van der Waals surface area contributed by atoms with Crippen LogP contribution in [0.1, 0.15) is 97.8 Å². The summed E-state index contributed by atoms with van der Waals surface area (Å²) >= 11 is 1.90. The maximum absolute atomic E-state index is 5.10. The molecule has 2 aliphatic carbocycles. The average Bonchev–Trinajstić information content (AvgIpc) is 3.03. The molecule has 5 rings (SSSR count). The van der Waals surface area contributed by atoms with Crippen molar-refractivity contribution in [2.45, 2.75) is 110 Å². The van der Waals surface area contributed by atoms with Gasteiger partial charge in [0.2, 0.25) is 0 Å². The summed E-state index contributed by atoms with van der Waals surface area (Å²) < 4.78 is 0. The van der Waals surface area contributed by atoms with E-state index in [1.165, 1.54) is 110 Å². The van der Waals surface area contributed by atoms with Gasteiger partial charge in [-0.25, -0.2) is 0 Å². The predicted molar refractivity (Wildman–Crippen MR) is 162 cm³/mol. The van der Waals surface area contributed by atoms with E-state index in [2.05, 4.69) is 56.2 Å². The van der Waals surface area contributed by atoms with Crippen LogP contribution >= 0.6 is 11.8 Å². The number of likely N-dealkylation sites (tertiary alicyclic amines) is 1. The van der Waals surface area contributed by atoms with E-state index in [4.69, 9.17) is 15.0 Å². The maximum atomic E-state index is 5.10. The Balaban J connectivity index is 1.16. The molecule has 4 nitrogen and oxygen atoms in total. The lowest BCUT2D eigenvalue weighted by atomic mass is 9.78. The highest BCUT2D eigenvalue weighted by Gasteiger charge is 2.32. The predicted octanol–water partition coefficient (Wildman–Crippen LogP) is 8.29. The second-order valence-corrected chi connectivity index (χ2v) is 12.7. The fraction of sp³-hybridized carbons (Fsp3) is 0.656. The third-order valence-electron chi connectivity index (χ3n) is 9.07. The van der Waals surface area contributed by atoms with Crippen LogP contribution in [0.3, 0.4) is 0 Å². The molecule has 0 aromatic heterocycles. The summed E-state index contributed by atoms with van der Waals surface area (Å²) in [6.07, 6.45) is 26.2. The zero-order valence-electron chi connectivity index (χ0n) is 23.3. The molecule has 0 amide bonds. The molecule has 37 heavy (non-hydrogen) atoms. The Bertz CT molecular complexity index is 1020. The van der Waals surface area contributed by atoms with Gasteiger partial charge in [0.1, 0.15) is 0 Å². The van der Waals surface area contributed by atoms with Gasteiger partial charge < -0.3 is 4.90 Å². The highest BCUT2D eigenvalue weighted by Crippen LogP contribution is 2.39. The van der Waals surface area contributed by atoms with E-state index in [1.54, 1.807) is 0 Å². The van der Waals surface area contributed by atoms with Gasteiger partial charge in [0.05, 0.1) is 5.04 Å². The second-order valence-electron chi connectivity index (χ2n) is 11.6. The van der Waals surface area contributed by atoms with Crippen molar-refractivity contribution in [3.05, 3.63) is 46.1 Å². The highest BCUT2D eigenvalue weighted by molar-refractivity contribution is 8.17. The van der Waals surface area contributed by atoms with Crippen molar-refractivity contribution >= 4 is 28.7 Å². The Hall–Kier alpha value is -1.72. The molecule has 0 N–H and O–H groups in total. The van der Waals surface area contributed by atoms with Crippen LogP contribution in [-0.2, 0) is 0 Å². The zero-order chi connectivity index (χ0) is 25.6. The molecule has 3 aliphatic heterocycles. The van der Waals surface area contributed by atoms with Gasteiger partial charge in [-0.2, -0.15) is 0 Å². The Morgan fingerprint density at radius 1 is 1.14 bits per heavy atom. The summed E-state index contributed by atoms with van der Waals surface area (Å²) in [7, 11) is 0. The van der Waals surface area contributed by atoms with Gasteiger partial charge in [-0.05, 0) is 133 Å². The number of fused-ring (bicyclic) bond motifs is 1. The standard InChI is InChI=1S/C32H46N4S/c1-4-9-28(34-24(3)27-10-8-11-27)15-12-25-20-30-21-31(33-22-25)35-32(37-30)23(2)26-13-16-29(17-14-26)36-18-6-5-7-19-36/h4,9,20-23,26,29,31H,5-8,10-19H2,1-3H3/b9-4-,34-28?. The highest BCUT2D eigenvalue weighted by atomic mass is 32.2. The normalized spacial score (nSPS) is 29.8. The maximum Gasteiger partial charge on any atom is 0.160 e. The van der Waals surface area contributed by atoms with Crippen molar-refractivity contribution in [3.63, 3.8) is 0 Å². The number of piperidine rings is 1. The minimum atomic E-state index is -0.0543. The monoisotopic (exact) mass is 518 g/mol. The lowest BCUT2D eigenvalue weighted by molar-refractivity contribution is 0.109. The van der Waals surface area contributed by atoms with Gasteiger partial charge in [-0.1, -0.05) is 31.2 Å². The van der Waals surface area contributed by atoms with Crippen LogP contribution in [0.15, 0.2) is 61.0 Å². The fourth-order valence-corrected chi connectivity index (χ4v) is 7.67. The summed E-state index contributed by atoms with van der Waals surface area (Å²) in [4.78, 5) is 19.1. The van der Waals surface area contributed by atoms with Gasteiger partial charge >= 0.3 is 0 Å². The summed E-state index contributed by atoms with van der Waals surface area (Å²) in [6, 6.07) is 0.828. The van der Waals surface area contributed by atoms with Crippen molar-refractivity contribution in [3.8, 4) is 0 Å². The summed E-state index contributed by atoms with van der Waals surface area (Å²) in [5, 5.41) is 1.30. The van der Waals surface area contributed by atoms with Crippen LogP contribution in [0.2, 0.25) is 0 Å². The van der Waals surface area contributed by atoms with Crippen LogP contribution < -0.4 is 0 Å². The minimum Gasteiger partial charge on any atom is -0.300 e. The van der Waals surface area contributed by atoms with Gasteiger partial charge in [0, 0.05) is 34.5 Å². The van der Waals surface area contributed by atoms with Crippen molar-refractivity contribution in [2.75, 3.05) is 13.1 Å². The summed E-state index contributed by atoms with van der Waals surface area (Å²) in [5.41, 5.74) is 5.23. The SMILES string of the molecule is C/C=C\C(CCC1=CC2=CC(N=C1)N=C(C(C)C1CCC(N3CCCCC3)CC1)S2)=NC(C)=C1CCC1. The average molecular weight is 519 g/mol. The lowest BCUT2D eigenvalue weighted by Gasteiger charge is -2.40. The van der Waals surface area contributed by atoms with E-state index >= 15 is 0 Å². The number of hydrogen-bond donors (Lipinski definition) is 0. The number of allylic oxidation sites excluding steroid dienone is 6. The number of nitrogens with zero attached hydrogens (tertiary/aromatic N) is 4. The molecule has 5 heteroatoms. The van der Waals surface area contributed by atoms with Gasteiger partial charge in [0.25, 0.3) is 0 Å². The molecule has 2 atom stereocenters. The van der Waals surface area contributed by atoms with Crippen molar-refractivity contribution in [2.24, 2.45) is 26.8 Å². The van der Waals surface area contributed by atoms with E-state index < -0.39 is 0 Å². The first-order valence-electron chi connectivity index (χ1n) is 14.9. The van der Waals surface area contributed by atoms with Crippen LogP contribution in [0.5, 0.6) is 0 Å². The molecule has 0 radical (unpaired) electrons. The van der Waals surface area contributed by atoms with Crippen LogP contribution in [-0.4, -0.2) is 47.2 Å². The first-order valence-corrected chi connectivity index (χ1v) is 15.7. The van der Waals surface area contributed by atoms with Gasteiger partial charge in [-0.15, -0.1) is 0 Å².